The fourth-order valence-corrected chi connectivity index (χ4v) is 0. The van der Waals surface area contributed by atoms with Gasteiger partial charge in [-0.1, -0.05) is 6.54 Å². The second-order valence-electron chi connectivity index (χ2n) is 0.571. The second-order valence-corrected chi connectivity index (χ2v) is 0.571. The van der Waals surface area contributed by atoms with Gasteiger partial charge >= 0.3 is 27.0 Å². The van der Waals surface area contributed by atoms with Crippen molar-refractivity contribution in [1.82, 2.24) is 0 Å². The molecule has 0 saturated carbocycles. The Kier molecular flexibility index (Phi) is 245. The van der Waals surface area contributed by atoms with Gasteiger partial charge < -0.3 is 25.2 Å². The minimum atomic E-state index is -1.08. The van der Waals surface area contributed by atoms with Gasteiger partial charge in [0, 0.05) is 0 Å². The topological polar surface area (TPSA) is 112 Å². The second kappa shape index (κ2) is 108. The molecule has 0 unspecified atom stereocenters. The van der Waals surface area contributed by atoms with Gasteiger partial charge in [-0.15, -0.1) is 0 Å². The summed E-state index contributed by atoms with van der Waals surface area (Å²) in [7, 11) is 4.57. The molecule has 0 radical (unpaired) electrons. The first-order valence-corrected chi connectivity index (χ1v) is 4.21. The summed E-state index contributed by atoms with van der Waals surface area (Å²) in [5, 5.41) is 7.53. The molecule has 2 N–H and O–H groups in total. The molecule has 0 fully saturated rings. The third kappa shape index (κ3) is 542. The largest absolute Gasteiger partial charge is 0.668 e. The number of halogens is 1. The van der Waals surface area contributed by atoms with E-state index in [1.165, 1.54) is 0 Å². The summed E-state index contributed by atoms with van der Waals surface area (Å²) in [5.41, 5.74) is 6.06. The van der Waals surface area contributed by atoms with Gasteiger partial charge in [0.25, 0.3) is 5.97 Å². The summed E-state index contributed by atoms with van der Waals surface area (Å²) in [5.74, 6) is -1.08. The Morgan fingerprint density at radius 3 is 1.23 bits per heavy atom. The van der Waals surface area contributed by atoms with Crippen molar-refractivity contribution in [1.29, 1.82) is 0 Å². The molecule has 0 aromatic rings. The van der Waals surface area contributed by atoms with Crippen LogP contribution in [-0.4, -0.2) is 38.0 Å². The van der Waals surface area contributed by atoms with Crippen LogP contribution in [0.1, 0.15) is 0 Å². The number of carbonyl (C=O) groups is 1. The van der Waals surface area contributed by atoms with Crippen LogP contribution < -0.4 is 0 Å². The monoisotopic (exact) mass is 298 g/mol. The number of carboxylic acid groups (broad SMARTS) is 1. The molecule has 0 atom stereocenters. The van der Waals surface area contributed by atoms with E-state index in [9.17, 15) is 4.79 Å². The Bertz CT molecular complexity index is 82.6. The van der Waals surface area contributed by atoms with E-state index >= 15 is 0 Å². The van der Waals surface area contributed by atoms with Crippen LogP contribution in [0.25, 0.3) is 5.73 Å². The van der Waals surface area contributed by atoms with Crippen LogP contribution in [-0.2, 0) is 36.5 Å². The number of hydrogen-bond acceptors (Lipinski definition) is 4. The Morgan fingerprint density at radius 2 is 1.23 bits per heavy atom. The van der Waals surface area contributed by atoms with Gasteiger partial charge in [0.2, 0.25) is 0 Å². The van der Waals surface area contributed by atoms with Gasteiger partial charge in [-0.3, -0.25) is 25.2 Å². The molecular formula is C5H7ClNO5Ru-4. The van der Waals surface area contributed by atoms with Gasteiger partial charge in [-0.2, -0.15) is 0 Å². The van der Waals surface area contributed by atoms with Gasteiger partial charge in [0.1, 0.15) is 0 Å². The minimum absolute atomic E-state index is 0.528. The van der Waals surface area contributed by atoms with Gasteiger partial charge in [0.15, 0.2) is 0 Å². The number of nitrogens with one attached hydrogen (secondary N) is 1. The maximum absolute atomic E-state index is 9.18. The van der Waals surface area contributed by atoms with E-state index in [4.69, 9.17) is 25.2 Å². The predicted molar refractivity (Wildman–Crippen MR) is 42.9 cm³/mol. The van der Waals surface area contributed by atoms with E-state index < -0.39 is 12.5 Å². The van der Waals surface area contributed by atoms with Gasteiger partial charge in [0.05, 0.1) is 0 Å². The summed E-state index contributed by atoms with van der Waals surface area (Å²) < 4.78 is 0. The van der Waals surface area contributed by atoms with Crippen LogP contribution >= 0.6 is 9.69 Å². The SMILES string of the molecule is [CH-]=O.[CH-]=O.[CH-]=O.[Cl][Ru].[NH-]CC(=O)O. The van der Waals surface area contributed by atoms with Crippen molar-refractivity contribution in [3.8, 4) is 0 Å². The Labute approximate surface area is 90.2 Å². The zero-order valence-electron chi connectivity index (χ0n) is 6.25. The molecule has 8 heteroatoms. The average molecular weight is 298 g/mol. The smallest absolute Gasteiger partial charge is 0.282 e. The summed E-state index contributed by atoms with van der Waals surface area (Å²) in [6.45, 7) is 9.22. The predicted octanol–water partition coefficient (Wildman–Crippen LogP) is -0.0121. The van der Waals surface area contributed by atoms with E-state index in [1.54, 1.807) is 0 Å². The van der Waals surface area contributed by atoms with Crippen LogP contribution in [0, 0.1) is 0 Å². The summed E-state index contributed by atoms with van der Waals surface area (Å²) in [6, 6.07) is 0. The van der Waals surface area contributed by atoms with Crippen LogP contribution in [0.15, 0.2) is 0 Å². The zero-order chi connectivity index (χ0) is 12.3. The third-order valence-corrected chi connectivity index (χ3v) is 0.151. The molecule has 0 amide bonds. The van der Waals surface area contributed by atoms with Gasteiger partial charge in [-0.05, 0) is 0 Å². The van der Waals surface area contributed by atoms with E-state index in [2.05, 4.69) is 30.1 Å². The first-order chi connectivity index (χ1) is 6.27. The van der Waals surface area contributed by atoms with E-state index in [0.717, 1.165) is 0 Å². The van der Waals surface area contributed by atoms with E-state index in [1.807, 2.05) is 17.3 Å². The summed E-state index contributed by atoms with van der Waals surface area (Å²) >= 11 is 1.82. The molecular weight excluding hydrogens is 291 g/mol. The average Bonchev–Trinajstić information content (AvgIpc) is 2.29. The quantitative estimate of drug-likeness (QED) is 0.415. The maximum Gasteiger partial charge on any atom is 0.282 e. The zero-order valence-corrected chi connectivity index (χ0v) is 8.74. The molecule has 13 heavy (non-hydrogen) atoms. The Morgan fingerprint density at radius 1 is 1.15 bits per heavy atom. The first kappa shape index (κ1) is 29.4. The van der Waals surface area contributed by atoms with Crippen LogP contribution in [0.5, 0.6) is 0 Å². The van der Waals surface area contributed by atoms with Crippen molar-refractivity contribution in [3.63, 3.8) is 0 Å². The molecule has 0 rings (SSSR count). The maximum atomic E-state index is 9.18. The minimum Gasteiger partial charge on any atom is -0.668 e. The molecule has 0 aromatic heterocycles. The molecule has 0 bridgehead atoms. The van der Waals surface area contributed by atoms with Crippen LogP contribution in [0.4, 0.5) is 0 Å². The third-order valence-electron chi connectivity index (χ3n) is 0.151. The summed E-state index contributed by atoms with van der Waals surface area (Å²) in [6.07, 6.45) is 0. The van der Waals surface area contributed by atoms with Crippen molar-refractivity contribution < 1.29 is 41.6 Å². The van der Waals surface area contributed by atoms with Crippen molar-refractivity contribution in [3.05, 3.63) is 5.73 Å². The van der Waals surface area contributed by atoms with Crippen molar-refractivity contribution in [2.24, 2.45) is 0 Å². The van der Waals surface area contributed by atoms with Crippen molar-refractivity contribution in [2.45, 2.75) is 0 Å². The molecule has 81 valence electrons. The first-order valence-electron chi connectivity index (χ1n) is 1.98. The fourth-order valence-electron chi connectivity index (χ4n) is 0. The van der Waals surface area contributed by atoms with Gasteiger partial charge in [-0.25, -0.2) is 0 Å². The Hall–Kier alpha value is -0.647. The number of rotatable bonds is 1. The van der Waals surface area contributed by atoms with E-state index in [0.29, 0.717) is 0 Å². The summed E-state index contributed by atoms with van der Waals surface area (Å²) in [4.78, 5) is 32.4. The van der Waals surface area contributed by atoms with Crippen LogP contribution in [0.3, 0.4) is 0 Å². The van der Waals surface area contributed by atoms with E-state index in [-0.39, 0.29) is 0 Å². The molecule has 0 spiro atoms. The van der Waals surface area contributed by atoms with Crippen molar-refractivity contribution >= 4 is 36.0 Å². The number of carboxylic acids is 1. The molecule has 6 nitrogen and oxygen atoms in total. The number of hydrogen-bond donors (Lipinski definition) is 1. The molecule has 0 heterocycles. The molecule has 0 aromatic carbocycles. The standard InChI is InChI=1S/C2H4NO2.3CHO.ClH.Ru/c3-1-2(4)5;3*1-2;;/h3H,1H2,(H,4,5);3*1H;1H;/q4*-1;;+1/p-1. The number of aliphatic carboxylic acids is 1. The number of carbonyl (C=O) groups excluding carboxylic acids is 3. The molecule has 0 saturated heterocycles. The normalized spacial score (nSPS) is 4.23. The van der Waals surface area contributed by atoms with Crippen LogP contribution in [0.2, 0.25) is 0 Å². The molecule has 0 aliphatic heterocycles. The Balaban J connectivity index is -0.0000000230. The van der Waals surface area contributed by atoms with Crippen molar-refractivity contribution in [2.75, 3.05) is 6.54 Å². The fraction of sp³-hybridized carbons (Fsp3) is 0.200. The molecule has 0 aliphatic rings. The molecule has 0 aliphatic carbocycles.